The second-order valence-electron chi connectivity index (χ2n) is 7.07. The summed E-state index contributed by atoms with van der Waals surface area (Å²) >= 11 is 2.81. The predicted molar refractivity (Wildman–Crippen MR) is 122 cm³/mol. The molecule has 0 radical (unpaired) electrons. The van der Waals surface area contributed by atoms with Gasteiger partial charge in [-0.3, -0.25) is 14.9 Å². The van der Waals surface area contributed by atoms with Crippen LogP contribution in [-0.2, 0) is 16.0 Å². The molecule has 1 fully saturated rings. The van der Waals surface area contributed by atoms with Gasteiger partial charge in [0, 0.05) is 12.1 Å². The molecule has 2 unspecified atom stereocenters. The zero-order valence-corrected chi connectivity index (χ0v) is 18.6. The van der Waals surface area contributed by atoms with Gasteiger partial charge in [-0.05, 0) is 44.0 Å². The lowest BCUT2D eigenvalue weighted by atomic mass is 10.0. The van der Waals surface area contributed by atoms with E-state index in [-0.39, 0.29) is 23.9 Å². The van der Waals surface area contributed by atoms with Crippen molar-refractivity contribution in [2.45, 2.75) is 48.5 Å². The number of rotatable bonds is 9. The second kappa shape index (κ2) is 11.8. The highest BCUT2D eigenvalue weighted by molar-refractivity contribution is 8.00. The highest BCUT2D eigenvalue weighted by Gasteiger charge is 2.22. The molecule has 2 atom stereocenters. The SMILES string of the molecule is CSc1nnc(NC(=O)C=CC(CCc2ccccc2)NC(=O)C2CCCCN2)s1. The lowest BCUT2D eigenvalue weighted by molar-refractivity contribution is -0.124. The Balaban J connectivity index is 1.60. The number of thioether (sulfide) groups is 1. The predicted octanol–water partition coefficient (Wildman–Crippen LogP) is 3.01. The molecule has 1 aliphatic heterocycles. The molecule has 160 valence electrons. The molecule has 1 saturated heterocycles. The van der Waals surface area contributed by atoms with E-state index in [2.05, 4.69) is 38.3 Å². The molecule has 2 aromatic rings. The molecule has 3 rings (SSSR count). The van der Waals surface area contributed by atoms with E-state index in [1.807, 2.05) is 24.5 Å². The zero-order chi connectivity index (χ0) is 21.2. The van der Waals surface area contributed by atoms with Crippen molar-refractivity contribution in [3.63, 3.8) is 0 Å². The number of hydrogen-bond donors (Lipinski definition) is 3. The Kier molecular flexibility index (Phi) is 8.85. The number of amides is 2. The van der Waals surface area contributed by atoms with E-state index in [1.54, 1.807) is 6.08 Å². The van der Waals surface area contributed by atoms with E-state index < -0.39 is 0 Å². The lowest BCUT2D eigenvalue weighted by Gasteiger charge is -2.25. The number of aryl methyl sites for hydroxylation is 1. The fourth-order valence-corrected chi connectivity index (χ4v) is 4.41. The Morgan fingerprint density at radius 2 is 2.13 bits per heavy atom. The summed E-state index contributed by atoms with van der Waals surface area (Å²) in [5.74, 6) is -0.292. The van der Waals surface area contributed by atoms with Crippen LogP contribution in [0, 0.1) is 0 Å². The van der Waals surface area contributed by atoms with Gasteiger partial charge in [0.1, 0.15) is 0 Å². The maximum Gasteiger partial charge on any atom is 0.249 e. The Hall–Kier alpha value is -2.23. The molecule has 0 saturated carbocycles. The van der Waals surface area contributed by atoms with E-state index in [0.29, 0.717) is 11.6 Å². The van der Waals surface area contributed by atoms with Gasteiger partial charge in [0.05, 0.1) is 6.04 Å². The summed E-state index contributed by atoms with van der Waals surface area (Å²) in [6.07, 6.45) is 9.65. The van der Waals surface area contributed by atoms with E-state index in [9.17, 15) is 9.59 Å². The number of piperidine rings is 1. The van der Waals surface area contributed by atoms with Crippen LogP contribution in [-0.4, -0.2) is 46.9 Å². The van der Waals surface area contributed by atoms with Crippen LogP contribution in [0.2, 0.25) is 0 Å². The van der Waals surface area contributed by atoms with Crippen LogP contribution in [0.5, 0.6) is 0 Å². The third-order valence-corrected chi connectivity index (χ3v) is 6.65. The number of anilines is 1. The van der Waals surface area contributed by atoms with Crippen molar-refractivity contribution in [1.29, 1.82) is 0 Å². The summed E-state index contributed by atoms with van der Waals surface area (Å²) in [6, 6.07) is 9.73. The first kappa shape index (κ1) is 22.5. The van der Waals surface area contributed by atoms with Gasteiger partial charge in [0.15, 0.2) is 4.34 Å². The van der Waals surface area contributed by atoms with Gasteiger partial charge in [-0.2, -0.15) is 0 Å². The number of hydrogen-bond acceptors (Lipinski definition) is 7. The van der Waals surface area contributed by atoms with Gasteiger partial charge >= 0.3 is 0 Å². The maximum atomic E-state index is 12.7. The molecule has 2 amide bonds. The largest absolute Gasteiger partial charge is 0.349 e. The van der Waals surface area contributed by atoms with Crippen molar-refractivity contribution in [2.24, 2.45) is 0 Å². The lowest BCUT2D eigenvalue weighted by Crippen LogP contribution is -2.49. The van der Waals surface area contributed by atoms with E-state index in [0.717, 1.165) is 36.6 Å². The van der Waals surface area contributed by atoms with Crippen molar-refractivity contribution in [3.8, 4) is 0 Å². The van der Waals surface area contributed by atoms with Crippen LogP contribution in [0.3, 0.4) is 0 Å². The van der Waals surface area contributed by atoms with Crippen molar-refractivity contribution in [3.05, 3.63) is 48.0 Å². The highest BCUT2D eigenvalue weighted by Crippen LogP contribution is 2.23. The molecular weight excluding hydrogens is 418 g/mol. The summed E-state index contributed by atoms with van der Waals surface area (Å²) in [5.41, 5.74) is 1.20. The molecule has 1 aromatic carbocycles. The fourth-order valence-electron chi connectivity index (χ4n) is 3.24. The van der Waals surface area contributed by atoms with Gasteiger partial charge in [-0.15, -0.1) is 10.2 Å². The Morgan fingerprint density at radius 3 is 2.83 bits per heavy atom. The van der Waals surface area contributed by atoms with Crippen LogP contribution < -0.4 is 16.0 Å². The molecule has 7 nitrogen and oxygen atoms in total. The number of benzene rings is 1. The van der Waals surface area contributed by atoms with Crippen LogP contribution in [0.15, 0.2) is 46.8 Å². The molecule has 30 heavy (non-hydrogen) atoms. The molecule has 2 heterocycles. The molecule has 0 spiro atoms. The van der Waals surface area contributed by atoms with Crippen LogP contribution in [0.4, 0.5) is 5.13 Å². The molecule has 3 N–H and O–H groups in total. The summed E-state index contributed by atoms with van der Waals surface area (Å²) in [4.78, 5) is 24.9. The van der Waals surface area contributed by atoms with Gasteiger partial charge < -0.3 is 10.6 Å². The smallest absolute Gasteiger partial charge is 0.249 e. The van der Waals surface area contributed by atoms with Crippen molar-refractivity contribution < 1.29 is 9.59 Å². The number of carbonyl (C=O) groups excluding carboxylic acids is 2. The maximum absolute atomic E-state index is 12.7. The Morgan fingerprint density at radius 1 is 1.30 bits per heavy atom. The van der Waals surface area contributed by atoms with E-state index in [4.69, 9.17) is 0 Å². The normalized spacial score (nSPS) is 17.6. The fraction of sp³-hybridized carbons (Fsp3) is 0.429. The minimum Gasteiger partial charge on any atom is -0.349 e. The topological polar surface area (TPSA) is 96.0 Å². The number of nitrogens with one attached hydrogen (secondary N) is 3. The third kappa shape index (κ3) is 7.23. The Bertz CT molecular complexity index is 850. The van der Waals surface area contributed by atoms with Gasteiger partial charge in [0.2, 0.25) is 16.9 Å². The first-order valence-corrected chi connectivity index (χ1v) is 12.1. The van der Waals surface area contributed by atoms with Crippen LogP contribution in [0.25, 0.3) is 0 Å². The monoisotopic (exact) mass is 445 g/mol. The standard InChI is InChI=1S/C21H27N5O2S2/c1-29-21-26-25-20(30-21)24-18(27)13-12-16(11-10-15-7-3-2-4-8-15)23-19(28)17-9-5-6-14-22-17/h2-4,7-8,12-13,16-17,22H,5-6,9-11,14H2,1H3,(H,23,28)(H,24,25,27). The van der Waals surface area contributed by atoms with Crippen molar-refractivity contribution in [2.75, 3.05) is 18.1 Å². The van der Waals surface area contributed by atoms with E-state index >= 15 is 0 Å². The number of carbonyl (C=O) groups is 2. The highest BCUT2D eigenvalue weighted by atomic mass is 32.2. The number of aromatic nitrogens is 2. The van der Waals surface area contributed by atoms with Crippen LogP contribution in [0.1, 0.15) is 31.2 Å². The molecule has 0 bridgehead atoms. The first-order valence-electron chi connectivity index (χ1n) is 10.1. The Labute approximate surface area is 185 Å². The summed E-state index contributed by atoms with van der Waals surface area (Å²) < 4.78 is 0.794. The van der Waals surface area contributed by atoms with Gasteiger partial charge in [-0.25, -0.2) is 0 Å². The summed E-state index contributed by atoms with van der Waals surface area (Å²) in [6.45, 7) is 0.866. The van der Waals surface area contributed by atoms with Gasteiger partial charge in [0.25, 0.3) is 0 Å². The summed E-state index contributed by atoms with van der Waals surface area (Å²) in [7, 11) is 0. The molecule has 0 aliphatic carbocycles. The van der Waals surface area contributed by atoms with Gasteiger partial charge in [-0.1, -0.05) is 65.9 Å². The average Bonchev–Trinajstić information content (AvgIpc) is 3.24. The van der Waals surface area contributed by atoms with Crippen molar-refractivity contribution in [1.82, 2.24) is 20.8 Å². The molecule has 9 heteroatoms. The van der Waals surface area contributed by atoms with Crippen molar-refractivity contribution >= 4 is 40.0 Å². The molecule has 1 aliphatic rings. The molecular formula is C21H27N5O2S2. The average molecular weight is 446 g/mol. The minimum absolute atomic E-state index is 0.00782. The molecule has 1 aromatic heterocycles. The van der Waals surface area contributed by atoms with E-state index in [1.165, 1.54) is 34.7 Å². The minimum atomic E-state index is -0.284. The summed E-state index contributed by atoms with van der Waals surface area (Å²) in [5, 5.41) is 17.5. The number of nitrogens with zero attached hydrogens (tertiary/aromatic N) is 2. The second-order valence-corrected chi connectivity index (χ2v) is 9.10. The zero-order valence-electron chi connectivity index (χ0n) is 17.0. The van der Waals surface area contributed by atoms with Crippen LogP contribution >= 0.6 is 23.1 Å². The first-order chi connectivity index (χ1) is 14.6. The quantitative estimate of drug-likeness (QED) is 0.312. The third-order valence-electron chi connectivity index (χ3n) is 4.83.